The zero-order valence-electron chi connectivity index (χ0n) is 21.9. The highest BCUT2D eigenvalue weighted by molar-refractivity contribution is 7.74. The van der Waals surface area contributed by atoms with E-state index in [-0.39, 0.29) is 30.3 Å². The number of nitrogens with one attached hydrogen (secondary N) is 1. The molecular weight excluding hydrogens is 516 g/mol. The molecule has 0 bridgehead atoms. The van der Waals surface area contributed by atoms with E-state index in [1.165, 1.54) is 22.0 Å². The molecule has 12 heteroatoms. The van der Waals surface area contributed by atoms with E-state index in [1.54, 1.807) is 29.0 Å². The number of pyridine rings is 1. The standard InChI is InChI=1S/C27H31N8O3S/c1-4-12-34-26(37)22-17-28-27(29-20-10-8-19-16-21(33(2)3)11-9-18(19)15-20)31-25(22)35(34)24-7-5-6-23(30-24)32-39(38)14-13-36/h4-8,10,15,17,21,36H,1,9,11-14,16H2,2-3H3,(H,28,29,31)/q-1. The third kappa shape index (κ3) is 5.63. The van der Waals surface area contributed by atoms with Crippen LogP contribution in [0.2, 0.25) is 0 Å². The van der Waals surface area contributed by atoms with Crippen molar-refractivity contribution in [2.45, 2.75) is 31.8 Å². The average molecular weight is 548 g/mol. The summed E-state index contributed by atoms with van der Waals surface area (Å²) < 4.78 is 19.1. The first-order valence-corrected chi connectivity index (χ1v) is 14.0. The Morgan fingerprint density at radius 1 is 1.26 bits per heavy atom. The molecule has 2 N–H and O–H groups in total. The topological polar surface area (TPSA) is 131 Å². The van der Waals surface area contributed by atoms with Gasteiger partial charge in [0.05, 0.1) is 6.54 Å². The molecule has 5 rings (SSSR count). The molecule has 1 aliphatic rings. The van der Waals surface area contributed by atoms with Crippen molar-refractivity contribution in [3.05, 3.63) is 76.7 Å². The van der Waals surface area contributed by atoms with Crippen LogP contribution in [-0.2, 0) is 34.2 Å². The third-order valence-corrected chi connectivity index (χ3v) is 7.69. The van der Waals surface area contributed by atoms with Gasteiger partial charge in [0.1, 0.15) is 11.2 Å². The molecule has 3 aromatic heterocycles. The summed E-state index contributed by atoms with van der Waals surface area (Å²) in [7, 11) is 2.63. The fraction of sp³-hybridized carbons (Fsp3) is 0.333. The minimum Gasteiger partial charge on any atom is -0.444 e. The lowest BCUT2D eigenvalue weighted by Crippen LogP contribution is -2.33. The fourth-order valence-electron chi connectivity index (χ4n) is 4.80. The summed E-state index contributed by atoms with van der Waals surface area (Å²) in [6, 6.07) is 11.9. The number of hydrogen-bond donors (Lipinski definition) is 2. The number of allylic oxidation sites excluding steroid dienone is 1. The van der Waals surface area contributed by atoms with Crippen molar-refractivity contribution >= 4 is 39.1 Å². The summed E-state index contributed by atoms with van der Waals surface area (Å²) in [5.74, 6) is 0.955. The predicted octanol–water partition coefficient (Wildman–Crippen LogP) is 3.10. The predicted molar refractivity (Wildman–Crippen MR) is 152 cm³/mol. The van der Waals surface area contributed by atoms with E-state index in [2.05, 4.69) is 57.4 Å². The molecule has 0 aliphatic heterocycles. The van der Waals surface area contributed by atoms with Crippen molar-refractivity contribution < 1.29 is 9.32 Å². The molecule has 1 unspecified atom stereocenters. The summed E-state index contributed by atoms with van der Waals surface area (Å²) in [6.07, 6.45) is 6.27. The summed E-state index contributed by atoms with van der Waals surface area (Å²) in [5.41, 5.74) is 3.63. The number of nitrogens with zero attached hydrogens (tertiary/aromatic N) is 7. The Labute approximate surface area is 228 Å². The molecule has 4 aromatic rings. The number of aliphatic hydroxyl groups excluding tert-OH is 1. The average Bonchev–Trinajstić information content (AvgIpc) is 3.19. The number of rotatable bonds is 9. The van der Waals surface area contributed by atoms with Gasteiger partial charge in [-0.15, -0.1) is 6.58 Å². The molecule has 11 nitrogen and oxygen atoms in total. The molecule has 0 saturated carbocycles. The van der Waals surface area contributed by atoms with Gasteiger partial charge in [0.2, 0.25) is 5.95 Å². The van der Waals surface area contributed by atoms with E-state index >= 15 is 0 Å². The fourth-order valence-corrected chi connectivity index (χ4v) is 5.36. The van der Waals surface area contributed by atoms with Crippen molar-refractivity contribution in [3.63, 3.8) is 0 Å². The van der Waals surface area contributed by atoms with Crippen LogP contribution in [0.5, 0.6) is 0 Å². The molecule has 1 aliphatic carbocycles. The highest BCUT2D eigenvalue weighted by atomic mass is 32.2. The van der Waals surface area contributed by atoms with Gasteiger partial charge in [0.15, 0.2) is 11.5 Å². The molecule has 0 amide bonds. The Morgan fingerprint density at radius 3 is 2.87 bits per heavy atom. The maximum absolute atomic E-state index is 13.2. The van der Waals surface area contributed by atoms with Gasteiger partial charge in [-0.3, -0.25) is 4.79 Å². The molecular formula is C27H31N8O3S-. The second kappa shape index (κ2) is 11.5. The van der Waals surface area contributed by atoms with Crippen molar-refractivity contribution in [3.8, 4) is 5.82 Å². The van der Waals surface area contributed by atoms with Crippen molar-refractivity contribution in [1.82, 2.24) is 29.2 Å². The SMILES string of the molecule is C=CCn1c(=O)c2cnc(Nc3ccc4c(c3)CCC(N(C)C)C4)nc2n1-c1cccc(N=[S-](=O)CCO)n1. The van der Waals surface area contributed by atoms with Crippen molar-refractivity contribution in [2.24, 2.45) is 4.36 Å². The minimum atomic E-state index is -1.62. The second-order valence-corrected chi connectivity index (χ2v) is 10.8. The first kappa shape index (κ1) is 26.7. The summed E-state index contributed by atoms with van der Waals surface area (Å²) in [4.78, 5) is 29.1. The van der Waals surface area contributed by atoms with Crippen LogP contribution in [0.4, 0.5) is 17.5 Å². The molecule has 1 atom stereocenters. The van der Waals surface area contributed by atoms with Crippen LogP contribution in [0, 0.1) is 0 Å². The Kier molecular flexibility index (Phi) is 7.87. The number of aromatic nitrogens is 5. The monoisotopic (exact) mass is 547 g/mol. The highest BCUT2D eigenvalue weighted by Gasteiger charge is 2.21. The number of anilines is 2. The number of aryl methyl sites for hydroxylation is 1. The molecule has 204 valence electrons. The first-order valence-electron chi connectivity index (χ1n) is 12.7. The number of hydrogen-bond acceptors (Lipinski definition) is 10. The zero-order chi connectivity index (χ0) is 27.5. The van der Waals surface area contributed by atoms with Crippen LogP contribution in [0.3, 0.4) is 0 Å². The zero-order valence-corrected chi connectivity index (χ0v) is 22.8. The Bertz CT molecular complexity index is 1670. The Hall–Kier alpha value is -3.87. The smallest absolute Gasteiger partial charge is 0.278 e. The van der Waals surface area contributed by atoms with Crippen LogP contribution in [0.25, 0.3) is 16.9 Å². The quantitative estimate of drug-likeness (QED) is 0.242. The highest BCUT2D eigenvalue weighted by Crippen LogP contribution is 2.27. The second-order valence-electron chi connectivity index (χ2n) is 9.58. The Morgan fingerprint density at radius 2 is 2.10 bits per heavy atom. The first-order chi connectivity index (χ1) is 18.9. The lowest BCUT2D eigenvalue weighted by molar-refractivity contribution is 0.268. The molecule has 0 saturated heterocycles. The molecule has 0 spiro atoms. The van der Waals surface area contributed by atoms with Crippen LogP contribution in [0.15, 0.2) is 64.4 Å². The Balaban J connectivity index is 1.53. The number of fused-ring (bicyclic) bond motifs is 2. The van der Waals surface area contributed by atoms with Gasteiger partial charge >= 0.3 is 0 Å². The van der Waals surface area contributed by atoms with E-state index in [0.29, 0.717) is 28.8 Å². The van der Waals surface area contributed by atoms with E-state index in [0.717, 1.165) is 24.9 Å². The summed E-state index contributed by atoms with van der Waals surface area (Å²) in [6.45, 7) is 3.75. The van der Waals surface area contributed by atoms with Crippen molar-refractivity contribution in [1.29, 1.82) is 0 Å². The third-order valence-electron chi connectivity index (χ3n) is 6.77. The largest absolute Gasteiger partial charge is 0.444 e. The van der Waals surface area contributed by atoms with E-state index < -0.39 is 10.6 Å². The van der Waals surface area contributed by atoms with Gasteiger partial charge in [-0.25, -0.2) is 19.3 Å². The van der Waals surface area contributed by atoms with Gasteiger partial charge in [-0.05, 0) is 68.8 Å². The number of aliphatic hydroxyl groups is 1. The van der Waals surface area contributed by atoms with Gasteiger partial charge in [-0.1, -0.05) is 24.0 Å². The van der Waals surface area contributed by atoms with Crippen LogP contribution in [-0.4, -0.2) is 66.8 Å². The van der Waals surface area contributed by atoms with E-state index in [9.17, 15) is 9.00 Å². The van der Waals surface area contributed by atoms with E-state index in [4.69, 9.17) is 10.1 Å². The maximum Gasteiger partial charge on any atom is 0.278 e. The lowest BCUT2D eigenvalue weighted by Gasteiger charge is -2.30. The van der Waals surface area contributed by atoms with Crippen LogP contribution >= 0.6 is 0 Å². The van der Waals surface area contributed by atoms with E-state index in [1.807, 2.05) is 6.07 Å². The molecule has 1 aromatic carbocycles. The maximum atomic E-state index is 13.2. The molecule has 0 radical (unpaired) electrons. The van der Waals surface area contributed by atoms with Gasteiger partial charge < -0.3 is 23.9 Å². The summed E-state index contributed by atoms with van der Waals surface area (Å²) >= 11 is 0. The van der Waals surface area contributed by atoms with Gasteiger partial charge in [0, 0.05) is 24.5 Å². The lowest BCUT2D eigenvalue weighted by atomic mass is 9.87. The van der Waals surface area contributed by atoms with Crippen LogP contribution < -0.4 is 10.9 Å². The molecule has 0 fully saturated rings. The van der Waals surface area contributed by atoms with Crippen molar-refractivity contribution in [2.75, 3.05) is 31.8 Å². The number of likely N-dealkylation sites (N-methyl/N-ethyl adjacent to an activating group) is 1. The molecule has 39 heavy (non-hydrogen) atoms. The van der Waals surface area contributed by atoms with Gasteiger partial charge in [-0.2, -0.15) is 15.6 Å². The minimum absolute atomic E-state index is 0.0146. The summed E-state index contributed by atoms with van der Waals surface area (Å²) in [5, 5.41) is 12.7. The van der Waals surface area contributed by atoms with Crippen LogP contribution in [0.1, 0.15) is 17.5 Å². The molecule has 3 heterocycles. The number of benzene rings is 1. The van der Waals surface area contributed by atoms with Gasteiger partial charge in [0.25, 0.3) is 5.56 Å². The normalized spacial score (nSPS) is 15.9.